The van der Waals surface area contributed by atoms with Crippen LogP contribution in [0.25, 0.3) is 0 Å². The Morgan fingerprint density at radius 1 is 1.44 bits per heavy atom. The fourth-order valence-electron chi connectivity index (χ4n) is 2.67. The Hall–Kier alpha value is -0.610. The zero-order valence-electron chi connectivity index (χ0n) is 11.8. The average Bonchev–Trinajstić information content (AvgIpc) is 2.89. The molecule has 4 heteroatoms. The minimum absolute atomic E-state index is 0.418. The van der Waals surface area contributed by atoms with Crippen LogP contribution in [-0.2, 0) is 0 Å². The molecule has 1 aliphatic carbocycles. The lowest BCUT2D eigenvalue weighted by Gasteiger charge is -2.30. The summed E-state index contributed by atoms with van der Waals surface area (Å²) in [4.78, 5) is 8.34. The predicted octanol–water partition coefficient (Wildman–Crippen LogP) is 3.58. The van der Waals surface area contributed by atoms with E-state index < -0.39 is 0 Å². The molecule has 1 heterocycles. The summed E-state index contributed by atoms with van der Waals surface area (Å²) in [7, 11) is 2.20. The van der Waals surface area contributed by atoms with E-state index in [1.807, 2.05) is 17.5 Å². The van der Waals surface area contributed by atoms with Gasteiger partial charge < -0.3 is 10.2 Å². The third-order valence-electron chi connectivity index (χ3n) is 3.87. The molecule has 0 aliphatic heterocycles. The molecule has 2 rings (SSSR count). The molecular weight excluding hydrogens is 242 g/mol. The number of rotatable bonds is 5. The molecule has 0 amide bonds. The lowest BCUT2D eigenvalue weighted by atomic mass is 9.95. The Bertz CT molecular complexity index is 358. The zero-order valence-corrected chi connectivity index (χ0v) is 12.6. The minimum atomic E-state index is 0.418. The van der Waals surface area contributed by atoms with Crippen molar-refractivity contribution in [2.24, 2.45) is 0 Å². The Morgan fingerprint density at radius 3 is 2.83 bits per heavy atom. The molecule has 1 aromatic rings. The van der Waals surface area contributed by atoms with Crippen LogP contribution in [0.3, 0.4) is 0 Å². The summed E-state index contributed by atoms with van der Waals surface area (Å²) in [6, 6.07) is 1.12. The predicted molar refractivity (Wildman–Crippen MR) is 79.5 cm³/mol. The van der Waals surface area contributed by atoms with E-state index in [9.17, 15) is 0 Å². The van der Waals surface area contributed by atoms with Gasteiger partial charge in [-0.1, -0.05) is 26.2 Å². The Kier molecular flexibility index (Phi) is 5.01. The molecule has 0 bridgehead atoms. The normalized spacial score (nSPS) is 18.8. The first kappa shape index (κ1) is 13.8. The fourth-order valence-corrected chi connectivity index (χ4v) is 3.65. The van der Waals surface area contributed by atoms with E-state index in [4.69, 9.17) is 0 Å². The van der Waals surface area contributed by atoms with Crippen molar-refractivity contribution >= 4 is 16.5 Å². The maximum Gasteiger partial charge on any atom is 0.185 e. The van der Waals surface area contributed by atoms with Crippen molar-refractivity contribution in [3.05, 3.63) is 11.1 Å². The van der Waals surface area contributed by atoms with Crippen molar-refractivity contribution in [2.45, 2.75) is 58.0 Å². The van der Waals surface area contributed by atoms with Crippen LogP contribution in [0.2, 0.25) is 0 Å². The highest BCUT2D eigenvalue weighted by atomic mass is 32.1. The van der Waals surface area contributed by atoms with Crippen molar-refractivity contribution in [2.75, 3.05) is 18.5 Å². The average molecular weight is 267 g/mol. The first-order valence-electron chi connectivity index (χ1n) is 7.14. The van der Waals surface area contributed by atoms with Gasteiger partial charge in [0.1, 0.15) is 0 Å². The number of aromatic nitrogens is 1. The van der Waals surface area contributed by atoms with E-state index in [1.54, 1.807) is 0 Å². The molecule has 1 aromatic heterocycles. The van der Waals surface area contributed by atoms with Crippen molar-refractivity contribution in [1.29, 1.82) is 0 Å². The highest BCUT2D eigenvalue weighted by Gasteiger charge is 2.21. The van der Waals surface area contributed by atoms with E-state index in [1.165, 1.54) is 42.1 Å². The highest BCUT2D eigenvalue weighted by molar-refractivity contribution is 7.15. The first-order chi connectivity index (χ1) is 8.72. The van der Waals surface area contributed by atoms with Crippen LogP contribution < -0.4 is 10.2 Å². The highest BCUT2D eigenvalue weighted by Crippen LogP contribution is 2.31. The molecule has 3 nitrogen and oxygen atoms in total. The maximum atomic E-state index is 4.60. The summed E-state index contributed by atoms with van der Waals surface area (Å²) >= 11 is 1.83. The molecular formula is C14H25N3S. The van der Waals surface area contributed by atoms with Gasteiger partial charge in [-0.2, -0.15) is 0 Å². The smallest absolute Gasteiger partial charge is 0.185 e. The van der Waals surface area contributed by atoms with Gasteiger partial charge in [0, 0.05) is 30.2 Å². The summed E-state index contributed by atoms with van der Waals surface area (Å²) in [5.74, 6) is 0. The van der Waals surface area contributed by atoms with Crippen LogP contribution in [0.4, 0.5) is 5.13 Å². The Morgan fingerprint density at radius 2 is 2.17 bits per heavy atom. The minimum Gasteiger partial charge on any atom is -0.348 e. The van der Waals surface area contributed by atoms with Crippen LogP contribution in [0.15, 0.2) is 6.20 Å². The molecule has 102 valence electrons. The van der Waals surface area contributed by atoms with Crippen molar-refractivity contribution in [3.63, 3.8) is 0 Å². The van der Waals surface area contributed by atoms with Gasteiger partial charge in [0.2, 0.25) is 0 Å². The largest absolute Gasteiger partial charge is 0.348 e. The summed E-state index contributed by atoms with van der Waals surface area (Å²) in [6.07, 6.45) is 8.85. The van der Waals surface area contributed by atoms with Crippen LogP contribution in [0, 0.1) is 0 Å². The third kappa shape index (κ3) is 3.23. The summed E-state index contributed by atoms with van der Waals surface area (Å²) in [5.41, 5.74) is 0. The molecule has 1 fully saturated rings. The van der Waals surface area contributed by atoms with Crippen LogP contribution >= 0.6 is 11.3 Å². The summed E-state index contributed by atoms with van der Waals surface area (Å²) in [5, 5.41) is 4.63. The Balaban J connectivity index is 1.99. The number of hydrogen-bond acceptors (Lipinski definition) is 4. The number of anilines is 1. The van der Waals surface area contributed by atoms with Crippen molar-refractivity contribution in [3.8, 4) is 0 Å². The molecule has 1 aliphatic rings. The molecule has 0 aromatic carbocycles. The SMILES string of the molecule is CCNC(C)c1cnc(N(C)C2CCCCC2)s1. The van der Waals surface area contributed by atoms with Gasteiger partial charge in [-0.25, -0.2) is 4.98 Å². The molecule has 18 heavy (non-hydrogen) atoms. The lowest BCUT2D eigenvalue weighted by Crippen LogP contribution is -2.33. The molecule has 0 saturated heterocycles. The molecule has 1 N–H and O–H groups in total. The van der Waals surface area contributed by atoms with Gasteiger partial charge in [0.25, 0.3) is 0 Å². The topological polar surface area (TPSA) is 28.2 Å². The first-order valence-corrected chi connectivity index (χ1v) is 7.96. The van der Waals surface area contributed by atoms with Crippen LogP contribution in [0.1, 0.15) is 56.9 Å². The molecule has 1 saturated carbocycles. The van der Waals surface area contributed by atoms with E-state index in [0.29, 0.717) is 12.1 Å². The van der Waals surface area contributed by atoms with Gasteiger partial charge in [-0.15, -0.1) is 11.3 Å². The van der Waals surface area contributed by atoms with Gasteiger partial charge in [0.05, 0.1) is 0 Å². The van der Waals surface area contributed by atoms with Crippen molar-refractivity contribution < 1.29 is 0 Å². The quantitative estimate of drug-likeness (QED) is 0.884. The summed E-state index contributed by atoms with van der Waals surface area (Å²) < 4.78 is 0. The van der Waals surface area contributed by atoms with Gasteiger partial charge >= 0.3 is 0 Å². The van der Waals surface area contributed by atoms with Gasteiger partial charge in [0.15, 0.2) is 5.13 Å². The maximum absolute atomic E-state index is 4.60. The third-order valence-corrected chi connectivity index (χ3v) is 5.14. The van der Waals surface area contributed by atoms with E-state index >= 15 is 0 Å². The second kappa shape index (κ2) is 6.53. The summed E-state index contributed by atoms with van der Waals surface area (Å²) in [6.45, 7) is 5.36. The van der Waals surface area contributed by atoms with Crippen LogP contribution in [0.5, 0.6) is 0 Å². The van der Waals surface area contributed by atoms with Gasteiger partial charge in [-0.3, -0.25) is 0 Å². The molecule has 1 atom stereocenters. The van der Waals surface area contributed by atoms with E-state index in [-0.39, 0.29) is 0 Å². The number of thiazole rings is 1. The Labute approximate surface area is 115 Å². The molecule has 0 radical (unpaired) electrons. The second-order valence-corrected chi connectivity index (χ2v) is 6.27. The second-order valence-electron chi connectivity index (χ2n) is 5.23. The van der Waals surface area contributed by atoms with Crippen molar-refractivity contribution in [1.82, 2.24) is 10.3 Å². The van der Waals surface area contributed by atoms with Crippen LogP contribution in [-0.4, -0.2) is 24.6 Å². The molecule has 1 unspecified atom stereocenters. The lowest BCUT2D eigenvalue weighted by molar-refractivity contribution is 0.427. The number of nitrogens with zero attached hydrogens (tertiary/aromatic N) is 2. The molecule has 0 spiro atoms. The standard InChI is InChI=1S/C14H25N3S/c1-4-15-11(2)13-10-16-14(18-13)17(3)12-8-6-5-7-9-12/h10-12,15H,4-9H2,1-3H3. The fraction of sp³-hybridized carbons (Fsp3) is 0.786. The van der Waals surface area contributed by atoms with E-state index in [0.717, 1.165) is 6.54 Å². The zero-order chi connectivity index (χ0) is 13.0. The number of nitrogens with one attached hydrogen (secondary N) is 1. The van der Waals surface area contributed by atoms with E-state index in [2.05, 4.69) is 36.1 Å². The number of hydrogen-bond donors (Lipinski definition) is 1. The monoisotopic (exact) mass is 267 g/mol. The van der Waals surface area contributed by atoms with Gasteiger partial charge in [-0.05, 0) is 26.3 Å².